The lowest BCUT2D eigenvalue weighted by atomic mass is 10.1. The lowest BCUT2D eigenvalue weighted by Crippen LogP contribution is -2.22. The fourth-order valence-corrected chi connectivity index (χ4v) is 2.23. The van der Waals surface area contributed by atoms with Gasteiger partial charge >= 0.3 is 5.69 Å². The van der Waals surface area contributed by atoms with Crippen molar-refractivity contribution < 1.29 is 4.92 Å². The predicted octanol–water partition coefficient (Wildman–Crippen LogP) is 2.75. The molecule has 1 atom stereocenters. The Hall–Kier alpha value is -1.96. The Balaban J connectivity index is 3.07. The molecule has 0 saturated carbocycles. The van der Waals surface area contributed by atoms with Gasteiger partial charge in [-0.25, -0.2) is 10.8 Å². The van der Waals surface area contributed by atoms with E-state index in [0.29, 0.717) is 0 Å². The van der Waals surface area contributed by atoms with Crippen molar-refractivity contribution >= 4 is 17.5 Å². The molecular weight excluding hydrogens is 272 g/mol. The Morgan fingerprint density at radius 3 is 2.52 bits per heavy atom. The van der Waals surface area contributed by atoms with Gasteiger partial charge in [0.25, 0.3) is 0 Å². The zero-order chi connectivity index (χ0) is 15.8. The highest BCUT2D eigenvalue weighted by molar-refractivity contribution is 5.61. The summed E-state index contributed by atoms with van der Waals surface area (Å²) < 4.78 is 0. The number of unbranched alkanes of at least 4 members (excludes halogenated alkanes) is 1. The van der Waals surface area contributed by atoms with Crippen LogP contribution in [0.25, 0.3) is 0 Å². The van der Waals surface area contributed by atoms with Crippen LogP contribution in [0.3, 0.4) is 0 Å². The SMILES string of the molecule is CCCCC(CCC)Nc1nc(NN)nc(C)c1[N+](=O)[O-]. The number of aromatic nitrogens is 2. The fraction of sp³-hybridized carbons (Fsp3) is 0.692. The molecule has 8 nitrogen and oxygen atoms in total. The van der Waals surface area contributed by atoms with Gasteiger partial charge in [0.05, 0.1) is 4.92 Å². The Morgan fingerprint density at radius 1 is 1.29 bits per heavy atom. The third-order valence-electron chi connectivity index (χ3n) is 3.25. The standard InChI is InChI=1S/C13H24N6O2/c1-4-6-8-10(7-5-2)16-12-11(19(20)21)9(3)15-13(17-12)18-14/h10H,4-8,14H2,1-3H3,(H2,15,16,17,18). The highest BCUT2D eigenvalue weighted by Crippen LogP contribution is 2.28. The van der Waals surface area contributed by atoms with Crippen molar-refractivity contribution in [1.29, 1.82) is 0 Å². The quantitative estimate of drug-likeness (QED) is 0.364. The van der Waals surface area contributed by atoms with Crippen LogP contribution < -0.4 is 16.6 Å². The van der Waals surface area contributed by atoms with Crippen LogP contribution in [0.5, 0.6) is 0 Å². The van der Waals surface area contributed by atoms with E-state index < -0.39 is 4.92 Å². The van der Waals surface area contributed by atoms with Crippen molar-refractivity contribution in [2.45, 2.75) is 58.9 Å². The van der Waals surface area contributed by atoms with E-state index in [1.165, 1.54) is 0 Å². The minimum Gasteiger partial charge on any atom is -0.361 e. The molecule has 1 rings (SSSR count). The summed E-state index contributed by atoms with van der Waals surface area (Å²) in [7, 11) is 0. The van der Waals surface area contributed by atoms with Crippen LogP contribution in [-0.2, 0) is 0 Å². The topological polar surface area (TPSA) is 119 Å². The van der Waals surface area contributed by atoms with Crippen LogP contribution in [0.4, 0.5) is 17.5 Å². The first-order valence-corrected chi connectivity index (χ1v) is 7.29. The summed E-state index contributed by atoms with van der Waals surface area (Å²) in [5.41, 5.74) is 2.53. The number of rotatable bonds is 9. The van der Waals surface area contributed by atoms with E-state index >= 15 is 0 Å². The van der Waals surface area contributed by atoms with Gasteiger partial charge in [-0.05, 0) is 19.8 Å². The molecule has 8 heteroatoms. The monoisotopic (exact) mass is 296 g/mol. The molecule has 1 aromatic rings. The summed E-state index contributed by atoms with van der Waals surface area (Å²) in [6.07, 6.45) is 5.04. The highest BCUT2D eigenvalue weighted by atomic mass is 16.6. The second-order valence-corrected chi connectivity index (χ2v) is 5.00. The molecule has 0 saturated heterocycles. The van der Waals surface area contributed by atoms with Gasteiger partial charge < -0.3 is 5.32 Å². The number of nitrogens with one attached hydrogen (secondary N) is 2. The molecule has 4 N–H and O–H groups in total. The normalized spacial score (nSPS) is 12.0. The largest absolute Gasteiger partial charge is 0.361 e. The van der Waals surface area contributed by atoms with E-state index in [1.54, 1.807) is 6.92 Å². The predicted molar refractivity (Wildman–Crippen MR) is 83.1 cm³/mol. The molecule has 118 valence electrons. The second-order valence-electron chi connectivity index (χ2n) is 5.00. The maximum absolute atomic E-state index is 11.2. The van der Waals surface area contributed by atoms with Crippen LogP contribution in [0, 0.1) is 17.0 Å². The lowest BCUT2D eigenvalue weighted by molar-refractivity contribution is -0.385. The third-order valence-corrected chi connectivity index (χ3v) is 3.25. The smallest absolute Gasteiger partial charge is 0.332 e. The number of nitrogen functional groups attached to an aromatic ring is 1. The maximum Gasteiger partial charge on any atom is 0.332 e. The number of aryl methyl sites for hydroxylation is 1. The Kier molecular flexibility index (Phi) is 6.80. The van der Waals surface area contributed by atoms with Gasteiger partial charge in [0.2, 0.25) is 11.8 Å². The van der Waals surface area contributed by atoms with Gasteiger partial charge in [0.15, 0.2) is 0 Å². The van der Waals surface area contributed by atoms with Gasteiger partial charge in [-0.2, -0.15) is 4.98 Å². The Bertz CT molecular complexity index is 480. The summed E-state index contributed by atoms with van der Waals surface area (Å²) >= 11 is 0. The third kappa shape index (κ3) is 4.82. The number of nitrogens with zero attached hydrogens (tertiary/aromatic N) is 3. The second kappa shape index (κ2) is 8.35. The van der Waals surface area contributed by atoms with Crippen molar-refractivity contribution in [3.05, 3.63) is 15.8 Å². The van der Waals surface area contributed by atoms with Crippen LogP contribution >= 0.6 is 0 Å². The summed E-state index contributed by atoms with van der Waals surface area (Å²) in [5.74, 6) is 5.71. The summed E-state index contributed by atoms with van der Waals surface area (Å²) in [4.78, 5) is 18.8. The van der Waals surface area contributed by atoms with Gasteiger partial charge in [-0.3, -0.25) is 15.5 Å². The Morgan fingerprint density at radius 2 is 2.00 bits per heavy atom. The van der Waals surface area contributed by atoms with Crippen LogP contribution in [0.2, 0.25) is 0 Å². The van der Waals surface area contributed by atoms with Crippen molar-refractivity contribution in [3.8, 4) is 0 Å². The minimum atomic E-state index is -0.458. The van der Waals surface area contributed by atoms with E-state index in [4.69, 9.17) is 5.84 Å². The zero-order valence-corrected chi connectivity index (χ0v) is 12.8. The molecule has 0 aliphatic rings. The molecular formula is C13H24N6O2. The van der Waals surface area contributed by atoms with Crippen LogP contribution in [-0.4, -0.2) is 20.9 Å². The van der Waals surface area contributed by atoms with E-state index in [2.05, 4.69) is 34.6 Å². The van der Waals surface area contributed by atoms with Gasteiger partial charge in [-0.1, -0.05) is 33.1 Å². The van der Waals surface area contributed by atoms with Crippen molar-refractivity contribution in [2.24, 2.45) is 5.84 Å². The first-order valence-electron chi connectivity index (χ1n) is 7.29. The number of hydrazine groups is 1. The first-order chi connectivity index (χ1) is 10.0. The van der Waals surface area contributed by atoms with Gasteiger partial charge in [0.1, 0.15) is 5.69 Å². The summed E-state index contributed by atoms with van der Waals surface area (Å²) in [6.45, 7) is 5.79. The van der Waals surface area contributed by atoms with Crippen LogP contribution in [0.15, 0.2) is 0 Å². The fourth-order valence-electron chi connectivity index (χ4n) is 2.23. The molecule has 0 aliphatic carbocycles. The number of nitrogens with two attached hydrogens (primary N) is 1. The molecule has 0 spiro atoms. The summed E-state index contributed by atoms with van der Waals surface area (Å²) in [6, 6.07) is 0.161. The molecule has 0 aliphatic heterocycles. The number of nitro groups is 1. The van der Waals surface area contributed by atoms with E-state index in [0.717, 1.165) is 32.1 Å². The molecule has 0 aromatic carbocycles. The molecule has 0 amide bonds. The lowest BCUT2D eigenvalue weighted by Gasteiger charge is -2.19. The molecule has 1 heterocycles. The molecule has 21 heavy (non-hydrogen) atoms. The number of hydrogen-bond donors (Lipinski definition) is 3. The average Bonchev–Trinajstić information content (AvgIpc) is 2.43. The van der Waals surface area contributed by atoms with E-state index in [-0.39, 0.29) is 29.2 Å². The van der Waals surface area contributed by atoms with Gasteiger partial charge in [-0.15, -0.1) is 0 Å². The molecule has 1 aromatic heterocycles. The molecule has 1 unspecified atom stereocenters. The van der Waals surface area contributed by atoms with Crippen LogP contribution in [0.1, 0.15) is 51.6 Å². The van der Waals surface area contributed by atoms with Crippen molar-refractivity contribution in [1.82, 2.24) is 9.97 Å². The zero-order valence-electron chi connectivity index (χ0n) is 12.8. The molecule has 0 fully saturated rings. The first kappa shape index (κ1) is 17.1. The van der Waals surface area contributed by atoms with E-state index in [9.17, 15) is 10.1 Å². The van der Waals surface area contributed by atoms with Gasteiger partial charge in [0, 0.05) is 6.04 Å². The maximum atomic E-state index is 11.2. The highest BCUT2D eigenvalue weighted by Gasteiger charge is 2.23. The number of anilines is 2. The average molecular weight is 296 g/mol. The molecule has 0 bridgehead atoms. The van der Waals surface area contributed by atoms with Crippen molar-refractivity contribution in [2.75, 3.05) is 10.7 Å². The minimum absolute atomic E-state index is 0.0911. The molecule has 0 radical (unpaired) electrons. The Labute approximate surface area is 124 Å². The number of hydrogen-bond acceptors (Lipinski definition) is 7. The van der Waals surface area contributed by atoms with E-state index in [1.807, 2.05) is 0 Å². The van der Waals surface area contributed by atoms with Crippen molar-refractivity contribution in [3.63, 3.8) is 0 Å². The summed E-state index contributed by atoms with van der Waals surface area (Å²) in [5, 5.41) is 14.4.